The molecule has 1 aromatic heterocycles. The number of aromatic nitrogens is 2. The van der Waals surface area contributed by atoms with E-state index in [2.05, 4.69) is 53.9 Å². The van der Waals surface area contributed by atoms with Gasteiger partial charge < -0.3 is 5.32 Å². The van der Waals surface area contributed by atoms with Gasteiger partial charge in [-0.3, -0.25) is 4.68 Å². The summed E-state index contributed by atoms with van der Waals surface area (Å²) in [4.78, 5) is 0. The zero-order valence-electron chi connectivity index (χ0n) is 12.3. The number of anilines is 1. The number of hydrogen-bond acceptors (Lipinski definition) is 2. The van der Waals surface area contributed by atoms with E-state index < -0.39 is 0 Å². The molecule has 0 saturated heterocycles. The summed E-state index contributed by atoms with van der Waals surface area (Å²) in [7, 11) is 1.98. The molecule has 20 heavy (non-hydrogen) atoms. The summed E-state index contributed by atoms with van der Waals surface area (Å²) in [5.74, 6) is 0.615. The van der Waals surface area contributed by atoms with E-state index >= 15 is 0 Å². The molecule has 2 unspecified atom stereocenters. The first-order valence-corrected chi connectivity index (χ1v) is 7.56. The minimum absolute atomic E-state index is 0.522. The Kier molecular flexibility index (Phi) is 3.77. The van der Waals surface area contributed by atoms with Crippen LogP contribution in [-0.4, -0.2) is 15.8 Å². The average Bonchev–Trinajstić information content (AvgIpc) is 2.78. The first-order chi connectivity index (χ1) is 9.74. The summed E-state index contributed by atoms with van der Waals surface area (Å²) >= 11 is 0. The van der Waals surface area contributed by atoms with Gasteiger partial charge in [-0.05, 0) is 25.3 Å². The van der Waals surface area contributed by atoms with Crippen LogP contribution in [0.4, 0.5) is 5.69 Å². The molecule has 1 heterocycles. The van der Waals surface area contributed by atoms with Gasteiger partial charge in [0.2, 0.25) is 0 Å². The quantitative estimate of drug-likeness (QED) is 0.916. The Morgan fingerprint density at radius 3 is 2.60 bits per heavy atom. The maximum Gasteiger partial charge on any atom is 0.0825 e. The van der Waals surface area contributed by atoms with Gasteiger partial charge in [-0.2, -0.15) is 5.10 Å². The van der Waals surface area contributed by atoms with Crippen molar-refractivity contribution in [3.63, 3.8) is 0 Å². The topological polar surface area (TPSA) is 29.9 Å². The van der Waals surface area contributed by atoms with Crippen LogP contribution in [-0.2, 0) is 7.05 Å². The maximum atomic E-state index is 4.43. The minimum atomic E-state index is 0.522. The van der Waals surface area contributed by atoms with Crippen LogP contribution in [0, 0.1) is 6.92 Å². The van der Waals surface area contributed by atoms with Crippen molar-refractivity contribution in [2.75, 3.05) is 5.32 Å². The Labute approximate surface area is 121 Å². The molecule has 0 amide bonds. The van der Waals surface area contributed by atoms with Crippen LogP contribution >= 0.6 is 0 Å². The van der Waals surface area contributed by atoms with E-state index in [4.69, 9.17) is 0 Å². The van der Waals surface area contributed by atoms with Crippen LogP contribution < -0.4 is 5.32 Å². The van der Waals surface area contributed by atoms with Crippen LogP contribution in [0.1, 0.15) is 42.9 Å². The smallest absolute Gasteiger partial charge is 0.0825 e. The predicted molar refractivity (Wildman–Crippen MR) is 83.0 cm³/mol. The molecule has 3 nitrogen and oxygen atoms in total. The molecular formula is C17H23N3. The Bertz CT molecular complexity index is 559. The molecule has 2 aromatic rings. The third-order valence-corrected chi connectivity index (χ3v) is 4.35. The molecule has 1 saturated carbocycles. The predicted octanol–water partition coefficient (Wildman–Crippen LogP) is 3.87. The van der Waals surface area contributed by atoms with Crippen molar-refractivity contribution < 1.29 is 0 Å². The summed E-state index contributed by atoms with van der Waals surface area (Å²) in [6, 6.07) is 11.4. The fraction of sp³-hybridized carbons (Fsp3) is 0.471. The second-order valence-corrected chi connectivity index (χ2v) is 5.85. The van der Waals surface area contributed by atoms with Gasteiger partial charge in [0, 0.05) is 25.2 Å². The van der Waals surface area contributed by atoms with Gasteiger partial charge in [-0.15, -0.1) is 0 Å². The van der Waals surface area contributed by atoms with Gasteiger partial charge in [-0.25, -0.2) is 0 Å². The van der Waals surface area contributed by atoms with Crippen LogP contribution in [0.2, 0.25) is 0 Å². The lowest BCUT2D eigenvalue weighted by Gasteiger charge is -2.33. The number of benzene rings is 1. The number of hydrogen-bond donors (Lipinski definition) is 1. The van der Waals surface area contributed by atoms with Crippen molar-refractivity contribution in [3.8, 4) is 0 Å². The Balaban J connectivity index is 1.81. The standard InChI is InChI=1S/C17H23N3/c1-13-17(12-20(2)19-13)18-16-11-7-6-10-15(16)14-8-4-3-5-9-14/h3-5,8-9,12,15-16,18H,6-7,10-11H2,1-2H3. The van der Waals surface area contributed by atoms with Gasteiger partial charge in [0.15, 0.2) is 0 Å². The summed E-state index contributed by atoms with van der Waals surface area (Å²) in [5, 5.41) is 8.16. The lowest BCUT2D eigenvalue weighted by atomic mass is 9.80. The summed E-state index contributed by atoms with van der Waals surface area (Å²) < 4.78 is 1.89. The van der Waals surface area contributed by atoms with Crippen molar-refractivity contribution in [1.82, 2.24) is 9.78 Å². The van der Waals surface area contributed by atoms with Crippen molar-refractivity contribution in [2.24, 2.45) is 7.05 Å². The van der Waals surface area contributed by atoms with E-state index in [0.29, 0.717) is 12.0 Å². The van der Waals surface area contributed by atoms with Gasteiger partial charge in [0.25, 0.3) is 0 Å². The van der Waals surface area contributed by atoms with Crippen molar-refractivity contribution in [1.29, 1.82) is 0 Å². The van der Waals surface area contributed by atoms with E-state index in [1.165, 1.54) is 36.9 Å². The lowest BCUT2D eigenvalue weighted by molar-refractivity contribution is 0.405. The summed E-state index contributed by atoms with van der Waals surface area (Å²) in [5.41, 5.74) is 3.73. The van der Waals surface area contributed by atoms with Crippen LogP contribution in [0.25, 0.3) is 0 Å². The van der Waals surface area contributed by atoms with Gasteiger partial charge in [0.1, 0.15) is 0 Å². The zero-order valence-corrected chi connectivity index (χ0v) is 12.3. The molecule has 0 aliphatic heterocycles. The normalized spacial score (nSPS) is 22.7. The van der Waals surface area contributed by atoms with Crippen molar-refractivity contribution in [2.45, 2.75) is 44.6 Å². The van der Waals surface area contributed by atoms with Gasteiger partial charge in [-0.1, -0.05) is 43.2 Å². The Morgan fingerprint density at radius 2 is 1.90 bits per heavy atom. The van der Waals surface area contributed by atoms with Crippen LogP contribution in [0.15, 0.2) is 36.5 Å². The third-order valence-electron chi connectivity index (χ3n) is 4.35. The minimum Gasteiger partial charge on any atom is -0.379 e. The zero-order chi connectivity index (χ0) is 13.9. The molecule has 106 valence electrons. The number of aryl methyl sites for hydroxylation is 2. The number of rotatable bonds is 3. The molecule has 1 aromatic carbocycles. The maximum absolute atomic E-state index is 4.43. The fourth-order valence-electron chi connectivity index (χ4n) is 3.34. The first kappa shape index (κ1) is 13.2. The first-order valence-electron chi connectivity index (χ1n) is 7.56. The van der Waals surface area contributed by atoms with E-state index in [0.717, 1.165) is 5.69 Å². The van der Waals surface area contributed by atoms with E-state index in [1.54, 1.807) is 0 Å². The largest absolute Gasteiger partial charge is 0.379 e. The van der Waals surface area contributed by atoms with E-state index in [9.17, 15) is 0 Å². The highest BCUT2D eigenvalue weighted by Crippen LogP contribution is 2.35. The SMILES string of the molecule is Cc1nn(C)cc1NC1CCCCC1c1ccccc1. The average molecular weight is 269 g/mol. The van der Waals surface area contributed by atoms with E-state index in [-0.39, 0.29) is 0 Å². The number of nitrogens with zero attached hydrogens (tertiary/aromatic N) is 2. The van der Waals surface area contributed by atoms with Crippen LogP contribution in [0.3, 0.4) is 0 Å². The Morgan fingerprint density at radius 1 is 1.15 bits per heavy atom. The highest BCUT2D eigenvalue weighted by Gasteiger charge is 2.26. The van der Waals surface area contributed by atoms with Crippen molar-refractivity contribution in [3.05, 3.63) is 47.8 Å². The molecule has 0 bridgehead atoms. The highest BCUT2D eigenvalue weighted by atomic mass is 15.3. The lowest BCUT2D eigenvalue weighted by Crippen LogP contribution is -2.30. The highest BCUT2D eigenvalue weighted by molar-refractivity contribution is 5.47. The molecule has 0 spiro atoms. The van der Waals surface area contributed by atoms with Crippen LogP contribution in [0.5, 0.6) is 0 Å². The molecule has 3 heteroatoms. The molecular weight excluding hydrogens is 246 g/mol. The second-order valence-electron chi connectivity index (χ2n) is 5.85. The molecule has 1 aliphatic carbocycles. The molecule has 0 radical (unpaired) electrons. The molecule has 1 fully saturated rings. The summed E-state index contributed by atoms with van der Waals surface area (Å²) in [6.07, 6.45) is 7.27. The third kappa shape index (κ3) is 2.72. The summed E-state index contributed by atoms with van der Waals surface area (Å²) in [6.45, 7) is 2.07. The Hall–Kier alpha value is -1.77. The van der Waals surface area contributed by atoms with Gasteiger partial charge in [0.05, 0.1) is 11.4 Å². The molecule has 3 rings (SSSR count). The van der Waals surface area contributed by atoms with E-state index in [1.807, 2.05) is 11.7 Å². The van der Waals surface area contributed by atoms with Crippen molar-refractivity contribution >= 4 is 5.69 Å². The fourth-order valence-corrected chi connectivity index (χ4v) is 3.34. The monoisotopic (exact) mass is 269 g/mol. The van der Waals surface area contributed by atoms with Gasteiger partial charge >= 0.3 is 0 Å². The molecule has 1 aliphatic rings. The number of nitrogens with one attached hydrogen (secondary N) is 1. The second kappa shape index (κ2) is 5.70. The molecule has 2 atom stereocenters. The molecule has 1 N–H and O–H groups in total.